The molecule has 2 aromatic carbocycles. The molecule has 2 aliphatic rings. The van der Waals surface area contributed by atoms with E-state index < -0.39 is 5.54 Å². The summed E-state index contributed by atoms with van der Waals surface area (Å²) in [5.74, 6) is 0.139. The molecule has 0 aromatic heterocycles. The summed E-state index contributed by atoms with van der Waals surface area (Å²) in [5.41, 5.74) is 2.57. The van der Waals surface area contributed by atoms with E-state index in [1.54, 1.807) is 0 Å². The van der Waals surface area contributed by atoms with E-state index in [2.05, 4.69) is 24.4 Å². The number of hydrogen-bond donors (Lipinski definition) is 1. The van der Waals surface area contributed by atoms with Crippen LogP contribution in [-0.4, -0.2) is 22.4 Å². The lowest BCUT2D eigenvalue weighted by Gasteiger charge is -2.36. The maximum atomic E-state index is 13.0. The van der Waals surface area contributed by atoms with Crippen LogP contribution in [0.1, 0.15) is 38.2 Å². The van der Waals surface area contributed by atoms with Crippen LogP contribution in [0.25, 0.3) is 11.1 Å². The van der Waals surface area contributed by atoms with E-state index in [1.165, 1.54) is 4.90 Å². The third-order valence-corrected chi connectivity index (χ3v) is 5.90. The van der Waals surface area contributed by atoms with Gasteiger partial charge in [0.05, 0.1) is 6.54 Å². The number of rotatable bonds is 3. The molecule has 1 spiro atoms. The zero-order chi connectivity index (χ0) is 18.1. The summed E-state index contributed by atoms with van der Waals surface area (Å²) >= 11 is 0. The molecule has 1 aliphatic heterocycles. The van der Waals surface area contributed by atoms with Gasteiger partial charge in [0.2, 0.25) is 0 Å². The summed E-state index contributed by atoms with van der Waals surface area (Å²) in [6.07, 6.45) is 3.87. The Morgan fingerprint density at radius 2 is 1.69 bits per heavy atom. The fourth-order valence-electron chi connectivity index (χ4n) is 4.25. The van der Waals surface area contributed by atoms with Gasteiger partial charge in [0.1, 0.15) is 5.54 Å². The molecular formula is C22H24N2O2. The molecule has 4 heteroatoms. The number of nitrogens with zero attached hydrogens (tertiary/aromatic N) is 1. The Balaban J connectivity index is 1.52. The monoisotopic (exact) mass is 348 g/mol. The summed E-state index contributed by atoms with van der Waals surface area (Å²) < 4.78 is 0. The van der Waals surface area contributed by atoms with Crippen molar-refractivity contribution >= 4 is 11.9 Å². The van der Waals surface area contributed by atoms with Crippen LogP contribution in [0.4, 0.5) is 4.79 Å². The molecule has 0 radical (unpaired) electrons. The van der Waals surface area contributed by atoms with Gasteiger partial charge >= 0.3 is 6.03 Å². The van der Waals surface area contributed by atoms with Crippen molar-refractivity contribution in [1.82, 2.24) is 10.2 Å². The summed E-state index contributed by atoms with van der Waals surface area (Å²) in [6.45, 7) is 2.41. The highest BCUT2D eigenvalue weighted by Crippen LogP contribution is 2.38. The van der Waals surface area contributed by atoms with Gasteiger partial charge in [-0.05, 0) is 35.4 Å². The van der Waals surface area contributed by atoms with Gasteiger partial charge in [0, 0.05) is 0 Å². The fraction of sp³-hybridized carbons (Fsp3) is 0.364. The van der Waals surface area contributed by atoms with Gasteiger partial charge in [-0.25, -0.2) is 4.79 Å². The van der Waals surface area contributed by atoms with Crippen molar-refractivity contribution in [2.45, 2.75) is 44.7 Å². The van der Waals surface area contributed by atoms with Crippen LogP contribution >= 0.6 is 0 Å². The number of carbonyl (C=O) groups is 2. The Bertz CT molecular complexity index is 816. The van der Waals surface area contributed by atoms with E-state index in [0.29, 0.717) is 6.54 Å². The number of amides is 3. The summed E-state index contributed by atoms with van der Waals surface area (Å²) in [4.78, 5) is 26.9. The molecule has 1 saturated carbocycles. The van der Waals surface area contributed by atoms with Crippen molar-refractivity contribution < 1.29 is 9.59 Å². The molecule has 4 nitrogen and oxygen atoms in total. The molecule has 134 valence electrons. The molecule has 0 unspecified atom stereocenters. The van der Waals surface area contributed by atoms with E-state index in [1.807, 2.05) is 42.5 Å². The minimum Gasteiger partial charge on any atom is -0.323 e. The number of urea groups is 1. The zero-order valence-corrected chi connectivity index (χ0v) is 15.1. The average molecular weight is 348 g/mol. The van der Waals surface area contributed by atoms with Gasteiger partial charge in [-0.1, -0.05) is 74.4 Å². The highest BCUT2D eigenvalue weighted by molar-refractivity contribution is 6.07. The minimum absolute atomic E-state index is 0.0539. The number of nitrogens with one attached hydrogen (secondary N) is 1. The van der Waals surface area contributed by atoms with Crippen LogP contribution in [0.2, 0.25) is 0 Å². The molecule has 4 rings (SSSR count). The molecule has 1 saturated heterocycles. The maximum absolute atomic E-state index is 13.0. The lowest BCUT2D eigenvalue weighted by molar-refractivity contribution is -0.134. The molecule has 1 heterocycles. The highest BCUT2D eigenvalue weighted by Gasteiger charge is 2.54. The second kappa shape index (κ2) is 6.60. The van der Waals surface area contributed by atoms with E-state index >= 15 is 0 Å². The normalized spacial score (nSPS) is 25.6. The average Bonchev–Trinajstić information content (AvgIpc) is 2.90. The van der Waals surface area contributed by atoms with Crippen LogP contribution in [0.5, 0.6) is 0 Å². The Morgan fingerprint density at radius 1 is 1.00 bits per heavy atom. The van der Waals surface area contributed by atoms with Crippen LogP contribution in [0, 0.1) is 5.92 Å². The Morgan fingerprint density at radius 3 is 2.38 bits per heavy atom. The van der Waals surface area contributed by atoms with Crippen LogP contribution in [0.3, 0.4) is 0 Å². The lowest BCUT2D eigenvalue weighted by atomic mass is 9.73. The number of benzene rings is 2. The van der Waals surface area contributed by atoms with E-state index in [9.17, 15) is 9.59 Å². The smallest absolute Gasteiger partial charge is 0.323 e. The topological polar surface area (TPSA) is 49.4 Å². The van der Waals surface area contributed by atoms with Gasteiger partial charge < -0.3 is 5.32 Å². The zero-order valence-electron chi connectivity index (χ0n) is 15.1. The molecular weight excluding hydrogens is 324 g/mol. The molecule has 1 N–H and O–H groups in total. The second-order valence-corrected chi connectivity index (χ2v) is 7.50. The number of hydrogen-bond acceptors (Lipinski definition) is 2. The number of imide groups is 1. The van der Waals surface area contributed by atoms with E-state index in [4.69, 9.17) is 0 Å². The molecule has 2 aromatic rings. The Kier molecular flexibility index (Phi) is 4.27. The first-order valence-corrected chi connectivity index (χ1v) is 9.39. The van der Waals surface area contributed by atoms with Crippen molar-refractivity contribution in [2.24, 2.45) is 5.92 Å². The third-order valence-electron chi connectivity index (χ3n) is 5.90. The summed E-state index contributed by atoms with van der Waals surface area (Å²) in [7, 11) is 0. The lowest BCUT2D eigenvalue weighted by Crippen LogP contribution is -2.53. The van der Waals surface area contributed by atoms with Crippen molar-refractivity contribution in [3.8, 4) is 11.1 Å². The van der Waals surface area contributed by atoms with Crippen LogP contribution in [0.15, 0.2) is 54.6 Å². The summed E-state index contributed by atoms with van der Waals surface area (Å²) in [5, 5.41) is 3.01. The maximum Gasteiger partial charge on any atom is 0.325 e. The molecule has 3 amide bonds. The van der Waals surface area contributed by atoms with Gasteiger partial charge in [-0.15, -0.1) is 0 Å². The largest absolute Gasteiger partial charge is 0.325 e. The predicted octanol–water partition coefficient (Wildman–Crippen LogP) is 4.35. The Labute approximate surface area is 154 Å². The first-order valence-electron chi connectivity index (χ1n) is 9.39. The van der Waals surface area contributed by atoms with Gasteiger partial charge in [0.15, 0.2) is 0 Å². The molecule has 2 atom stereocenters. The van der Waals surface area contributed by atoms with Crippen molar-refractivity contribution in [2.75, 3.05) is 0 Å². The van der Waals surface area contributed by atoms with Gasteiger partial charge in [-0.2, -0.15) is 0 Å². The van der Waals surface area contributed by atoms with Crippen LogP contribution < -0.4 is 5.32 Å². The highest BCUT2D eigenvalue weighted by atomic mass is 16.2. The van der Waals surface area contributed by atoms with Gasteiger partial charge in [0.25, 0.3) is 5.91 Å². The first kappa shape index (κ1) is 16.8. The quantitative estimate of drug-likeness (QED) is 0.838. The minimum atomic E-state index is -0.681. The first-order chi connectivity index (χ1) is 12.6. The SMILES string of the molecule is C[C@H]1CCCC[C@@]12NC(=O)N(Cc1ccc(-c3ccccc3)cc1)C2=O. The van der Waals surface area contributed by atoms with Crippen molar-refractivity contribution in [3.05, 3.63) is 60.2 Å². The molecule has 2 fully saturated rings. The molecule has 26 heavy (non-hydrogen) atoms. The second-order valence-electron chi connectivity index (χ2n) is 7.50. The fourth-order valence-corrected chi connectivity index (χ4v) is 4.25. The van der Waals surface area contributed by atoms with E-state index in [0.717, 1.165) is 42.4 Å². The standard InChI is InChI=1S/C22H24N2O2/c1-16-7-5-6-14-22(16)20(25)24(21(26)23-22)15-17-10-12-19(13-11-17)18-8-3-2-4-9-18/h2-4,8-13,16H,5-7,14-15H2,1H3,(H,23,26)/t16-,22+/m0/s1. The molecule has 0 bridgehead atoms. The van der Waals surface area contributed by atoms with Gasteiger partial charge in [-0.3, -0.25) is 9.69 Å². The van der Waals surface area contributed by atoms with Crippen molar-refractivity contribution in [1.29, 1.82) is 0 Å². The molecule has 1 aliphatic carbocycles. The van der Waals surface area contributed by atoms with E-state index in [-0.39, 0.29) is 17.9 Å². The Hall–Kier alpha value is -2.62. The number of carbonyl (C=O) groups excluding carboxylic acids is 2. The third kappa shape index (κ3) is 2.79. The van der Waals surface area contributed by atoms with Crippen molar-refractivity contribution in [3.63, 3.8) is 0 Å². The predicted molar refractivity (Wildman–Crippen MR) is 101 cm³/mol. The van der Waals surface area contributed by atoms with Crippen LogP contribution in [-0.2, 0) is 11.3 Å². The summed E-state index contributed by atoms with van der Waals surface area (Å²) in [6, 6.07) is 18.0.